The van der Waals surface area contributed by atoms with Gasteiger partial charge in [0.05, 0.1) is 5.60 Å². The average Bonchev–Trinajstić information content (AvgIpc) is 3.10. The van der Waals surface area contributed by atoms with Gasteiger partial charge < -0.3 is 10.5 Å². The highest BCUT2D eigenvalue weighted by Crippen LogP contribution is 2.50. The molecule has 0 saturated heterocycles. The minimum absolute atomic E-state index is 0.222. The Morgan fingerprint density at radius 3 is 2.47 bits per heavy atom. The summed E-state index contributed by atoms with van der Waals surface area (Å²) in [6.07, 6.45) is 2.42. The summed E-state index contributed by atoms with van der Waals surface area (Å²) >= 11 is 0. The molecule has 0 radical (unpaired) electrons. The lowest BCUT2D eigenvalue weighted by molar-refractivity contribution is 0.0191. The van der Waals surface area contributed by atoms with E-state index in [0.29, 0.717) is 0 Å². The Bertz CT molecular complexity index is 405. The predicted molar refractivity (Wildman–Crippen MR) is 71.0 cm³/mol. The van der Waals surface area contributed by atoms with Gasteiger partial charge in [-0.1, -0.05) is 24.3 Å². The smallest absolute Gasteiger partial charge is 0.0871 e. The van der Waals surface area contributed by atoms with Crippen molar-refractivity contribution in [2.75, 3.05) is 7.11 Å². The molecule has 1 unspecified atom stereocenters. The van der Waals surface area contributed by atoms with E-state index in [4.69, 9.17) is 10.5 Å². The van der Waals surface area contributed by atoms with Crippen molar-refractivity contribution < 1.29 is 4.74 Å². The number of ether oxygens (including phenoxy) is 1. The molecular formula is C15H23NO. The number of hydrogen-bond acceptors (Lipinski definition) is 2. The maximum Gasteiger partial charge on any atom is 0.0871 e. The van der Waals surface area contributed by atoms with Crippen LogP contribution < -0.4 is 5.73 Å². The van der Waals surface area contributed by atoms with Gasteiger partial charge in [0.25, 0.3) is 0 Å². The van der Waals surface area contributed by atoms with Gasteiger partial charge >= 0.3 is 0 Å². The SMILES string of the molecule is COC(C)(C)c1cccc(C2(C(C)N)CC2)c1. The predicted octanol–water partition coefficient (Wildman–Crippen LogP) is 2.95. The zero-order valence-electron chi connectivity index (χ0n) is 11.3. The number of benzene rings is 1. The summed E-state index contributed by atoms with van der Waals surface area (Å²) < 4.78 is 5.54. The first-order chi connectivity index (χ1) is 7.92. The van der Waals surface area contributed by atoms with Crippen LogP contribution in [0.15, 0.2) is 24.3 Å². The van der Waals surface area contributed by atoms with Gasteiger partial charge in [0.1, 0.15) is 0 Å². The summed E-state index contributed by atoms with van der Waals surface area (Å²) in [5.41, 5.74) is 8.71. The molecule has 1 atom stereocenters. The van der Waals surface area contributed by atoms with Crippen molar-refractivity contribution in [3.63, 3.8) is 0 Å². The van der Waals surface area contributed by atoms with Gasteiger partial charge in [0, 0.05) is 18.6 Å². The molecule has 1 aliphatic carbocycles. The molecule has 1 saturated carbocycles. The van der Waals surface area contributed by atoms with Gasteiger partial charge in [-0.3, -0.25) is 0 Å². The van der Waals surface area contributed by atoms with Crippen molar-refractivity contribution in [3.05, 3.63) is 35.4 Å². The normalized spacial score (nSPS) is 20.1. The molecule has 94 valence electrons. The molecule has 1 aromatic carbocycles. The van der Waals surface area contributed by atoms with Crippen LogP contribution in [0.5, 0.6) is 0 Å². The molecule has 1 aliphatic rings. The van der Waals surface area contributed by atoms with Crippen LogP contribution in [0.25, 0.3) is 0 Å². The fourth-order valence-corrected chi connectivity index (χ4v) is 2.46. The second kappa shape index (κ2) is 4.11. The zero-order valence-corrected chi connectivity index (χ0v) is 11.3. The van der Waals surface area contributed by atoms with Gasteiger partial charge in [-0.05, 0) is 44.7 Å². The van der Waals surface area contributed by atoms with Crippen LogP contribution in [0.3, 0.4) is 0 Å². The summed E-state index contributed by atoms with van der Waals surface area (Å²) in [7, 11) is 1.76. The first kappa shape index (κ1) is 12.6. The Morgan fingerprint density at radius 1 is 1.35 bits per heavy atom. The van der Waals surface area contributed by atoms with Gasteiger partial charge in [-0.15, -0.1) is 0 Å². The highest BCUT2D eigenvalue weighted by atomic mass is 16.5. The molecule has 0 amide bonds. The summed E-state index contributed by atoms with van der Waals surface area (Å²) in [6, 6.07) is 8.94. The average molecular weight is 233 g/mol. The first-order valence-electron chi connectivity index (χ1n) is 6.34. The van der Waals surface area contributed by atoms with E-state index in [2.05, 4.69) is 45.0 Å². The topological polar surface area (TPSA) is 35.2 Å². The summed E-state index contributed by atoms with van der Waals surface area (Å²) in [5, 5.41) is 0. The third-order valence-corrected chi connectivity index (χ3v) is 4.30. The number of hydrogen-bond donors (Lipinski definition) is 1. The van der Waals surface area contributed by atoms with Crippen molar-refractivity contribution in [1.29, 1.82) is 0 Å². The minimum atomic E-state index is -0.232. The zero-order chi connectivity index (χ0) is 12.7. The van der Waals surface area contributed by atoms with Crippen molar-refractivity contribution >= 4 is 0 Å². The van der Waals surface area contributed by atoms with Crippen LogP contribution in [0.2, 0.25) is 0 Å². The maximum atomic E-state index is 6.13. The molecular weight excluding hydrogens is 210 g/mol. The third kappa shape index (κ3) is 2.12. The Hall–Kier alpha value is -0.860. The van der Waals surface area contributed by atoms with Gasteiger partial charge in [-0.25, -0.2) is 0 Å². The van der Waals surface area contributed by atoms with Gasteiger partial charge in [0.2, 0.25) is 0 Å². The van der Waals surface area contributed by atoms with Crippen molar-refractivity contribution in [1.82, 2.24) is 0 Å². The molecule has 1 fully saturated rings. The van der Waals surface area contributed by atoms with E-state index in [1.165, 1.54) is 24.0 Å². The molecule has 0 bridgehead atoms. The van der Waals surface area contributed by atoms with Crippen LogP contribution in [0.1, 0.15) is 44.7 Å². The lowest BCUT2D eigenvalue weighted by Gasteiger charge is -2.26. The highest BCUT2D eigenvalue weighted by Gasteiger charge is 2.47. The van der Waals surface area contributed by atoms with Crippen molar-refractivity contribution in [2.24, 2.45) is 5.73 Å². The van der Waals surface area contributed by atoms with Crippen LogP contribution in [-0.2, 0) is 15.8 Å². The van der Waals surface area contributed by atoms with E-state index in [1.54, 1.807) is 7.11 Å². The summed E-state index contributed by atoms with van der Waals surface area (Å²) in [6.45, 7) is 6.30. The van der Waals surface area contributed by atoms with Crippen LogP contribution in [0, 0.1) is 0 Å². The fourth-order valence-electron chi connectivity index (χ4n) is 2.46. The second-order valence-electron chi connectivity index (χ2n) is 5.74. The van der Waals surface area contributed by atoms with Crippen LogP contribution in [0.4, 0.5) is 0 Å². The molecule has 2 nitrogen and oxygen atoms in total. The molecule has 1 aromatic rings. The minimum Gasteiger partial charge on any atom is -0.374 e. The lowest BCUT2D eigenvalue weighted by atomic mass is 9.86. The lowest BCUT2D eigenvalue weighted by Crippen LogP contribution is -2.32. The number of nitrogens with two attached hydrogens (primary N) is 1. The first-order valence-corrected chi connectivity index (χ1v) is 6.34. The van der Waals surface area contributed by atoms with E-state index in [-0.39, 0.29) is 17.1 Å². The van der Waals surface area contributed by atoms with Gasteiger partial charge in [0.15, 0.2) is 0 Å². The van der Waals surface area contributed by atoms with E-state index >= 15 is 0 Å². The molecule has 2 heteroatoms. The molecule has 2 rings (SSSR count). The highest BCUT2D eigenvalue weighted by molar-refractivity contribution is 5.38. The summed E-state index contributed by atoms with van der Waals surface area (Å²) in [5.74, 6) is 0. The molecule has 0 spiro atoms. The van der Waals surface area contributed by atoms with Crippen molar-refractivity contribution in [2.45, 2.75) is 50.7 Å². The quantitative estimate of drug-likeness (QED) is 0.867. The molecule has 0 heterocycles. The second-order valence-corrected chi connectivity index (χ2v) is 5.74. The standard InChI is InChI=1S/C15H23NO/c1-11(16)15(8-9-15)13-7-5-6-12(10-13)14(2,3)17-4/h5-7,10-11H,8-9,16H2,1-4H3. The Labute approximate surface area is 104 Å². The fraction of sp³-hybridized carbons (Fsp3) is 0.600. The monoisotopic (exact) mass is 233 g/mol. The maximum absolute atomic E-state index is 6.13. The van der Waals surface area contributed by atoms with E-state index in [0.717, 1.165) is 0 Å². The van der Waals surface area contributed by atoms with Crippen LogP contribution >= 0.6 is 0 Å². The Morgan fingerprint density at radius 2 is 2.00 bits per heavy atom. The number of methoxy groups -OCH3 is 1. The van der Waals surface area contributed by atoms with Crippen molar-refractivity contribution in [3.8, 4) is 0 Å². The Balaban J connectivity index is 2.36. The molecule has 17 heavy (non-hydrogen) atoms. The number of rotatable bonds is 4. The van der Waals surface area contributed by atoms with E-state index in [9.17, 15) is 0 Å². The van der Waals surface area contributed by atoms with E-state index in [1.807, 2.05) is 0 Å². The molecule has 0 aromatic heterocycles. The summed E-state index contributed by atoms with van der Waals surface area (Å²) in [4.78, 5) is 0. The Kier molecular flexibility index (Phi) is 3.04. The van der Waals surface area contributed by atoms with E-state index < -0.39 is 0 Å². The van der Waals surface area contributed by atoms with Crippen LogP contribution in [-0.4, -0.2) is 13.2 Å². The molecule has 0 aliphatic heterocycles. The largest absolute Gasteiger partial charge is 0.374 e. The van der Waals surface area contributed by atoms with Gasteiger partial charge in [-0.2, -0.15) is 0 Å². The third-order valence-electron chi connectivity index (χ3n) is 4.30. The molecule has 2 N–H and O–H groups in total.